The van der Waals surface area contributed by atoms with Crippen LogP contribution in [0.25, 0.3) is 0 Å². The number of amides is 1. The fourth-order valence-electron chi connectivity index (χ4n) is 1.26. The summed E-state index contributed by atoms with van der Waals surface area (Å²) in [6.07, 6.45) is 2.32. The van der Waals surface area contributed by atoms with Gasteiger partial charge in [-0.05, 0) is 32.9 Å². The van der Waals surface area contributed by atoms with Crippen molar-refractivity contribution < 1.29 is 9.21 Å². The largest absolute Gasteiger partial charge is 0.469 e. The highest BCUT2D eigenvalue weighted by molar-refractivity contribution is 6.19. The molecule has 1 unspecified atom stereocenters. The molecule has 3 nitrogen and oxygen atoms in total. The average molecular weight is 244 g/mol. The predicted octanol–water partition coefficient (Wildman–Crippen LogP) is 2.59. The molecule has 0 aliphatic carbocycles. The zero-order valence-electron chi connectivity index (χ0n) is 9.92. The minimum Gasteiger partial charge on any atom is -0.469 e. The Balaban J connectivity index is 2.46. The number of carbonyl (C=O) groups is 1. The maximum atomic E-state index is 11.8. The molecule has 4 heteroatoms. The molecule has 0 aliphatic rings. The van der Waals surface area contributed by atoms with Gasteiger partial charge >= 0.3 is 0 Å². The first kappa shape index (κ1) is 13.1. The molecule has 0 radical (unpaired) electrons. The van der Waals surface area contributed by atoms with Crippen LogP contribution in [0.3, 0.4) is 0 Å². The molecule has 0 aliphatic heterocycles. The molecule has 0 fully saturated rings. The maximum Gasteiger partial charge on any atom is 0.227 e. The van der Waals surface area contributed by atoms with E-state index >= 15 is 0 Å². The Morgan fingerprint density at radius 3 is 2.81 bits per heavy atom. The molecule has 1 amide bonds. The third kappa shape index (κ3) is 3.56. The first-order chi connectivity index (χ1) is 7.45. The van der Waals surface area contributed by atoms with Gasteiger partial charge in [0.25, 0.3) is 0 Å². The standard InChI is InChI=1S/C12H18ClNO2/c1-9(7-10-5-4-6-16-10)14-11(15)12(2,3)8-13/h4-6,9H,7-8H2,1-3H3,(H,14,15). The predicted molar refractivity (Wildman–Crippen MR) is 64.5 cm³/mol. The average Bonchev–Trinajstić information content (AvgIpc) is 2.70. The number of nitrogens with one attached hydrogen (secondary N) is 1. The van der Waals surface area contributed by atoms with E-state index in [2.05, 4.69) is 5.32 Å². The lowest BCUT2D eigenvalue weighted by Gasteiger charge is -2.23. The van der Waals surface area contributed by atoms with Gasteiger partial charge in [0.1, 0.15) is 5.76 Å². The summed E-state index contributed by atoms with van der Waals surface area (Å²) in [5.41, 5.74) is -0.529. The SMILES string of the molecule is CC(Cc1ccco1)NC(=O)C(C)(C)CCl. The summed E-state index contributed by atoms with van der Waals surface area (Å²) in [6.45, 7) is 5.61. The number of halogens is 1. The van der Waals surface area contributed by atoms with E-state index in [0.717, 1.165) is 5.76 Å². The van der Waals surface area contributed by atoms with Crippen molar-refractivity contribution in [2.45, 2.75) is 33.2 Å². The van der Waals surface area contributed by atoms with Gasteiger partial charge in [-0.3, -0.25) is 4.79 Å². The number of alkyl halides is 1. The lowest BCUT2D eigenvalue weighted by Crippen LogP contribution is -2.43. The van der Waals surface area contributed by atoms with E-state index in [0.29, 0.717) is 12.3 Å². The van der Waals surface area contributed by atoms with Gasteiger partial charge in [0.05, 0.1) is 11.7 Å². The lowest BCUT2D eigenvalue weighted by atomic mass is 9.94. The molecule has 0 saturated heterocycles. The van der Waals surface area contributed by atoms with E-state index in [-0.39, 0.29) is 11.9 Å². The summed E-state index contributed by atoms with van der Waals surface area (Å²) in [7, 11) is 0. The number of carbonyl (C=O) groups excluding carboxylic acids is 1. The van der Waals surface area contributed by atoms with Crippen LogP contribution in [0.5, 0.6) is 0 Å². The molecule has 0 bridgehead atoms. The van der Waals surface area contributed by atoms with Crippen molar-refractivity contribution in [3.05, 3.63) is 24.2 Å². The van der Waals surface area contributed by atoms with Crippen molar-refractivity contribution in [3.8, 4) is 0 Å². The minimum atomic E-state index is -0.529. The third-order valence-corrected chi connectivity index (χ3v) is 3.08. The van der Waals surface area contributed by atoms with E-state index in [9.17, 15) is 4.79 Å². The zero-order chi connectivity index (χ0) is 12.2. The first-order valence-electron chi connectivity index (χ1n) is 5.35. The van der Waals surface area contributed by atoms with Crippen LogP contribution in [-0.2, 0) is 11.2 Å². The van der Waals surface area contributed by atoms with Crippen LogP contribution in [0.15, 0.2) is 22.8 Å². The van der Waals surface area contributed by atoms with Crippen LogP contribution >= 0.6 is 11.6 Å². The number of furan rings is 1. The molecule has 1 rings (SSSR count). The van der Waals surface area contributed by atoms with Crippen molar-refractivity contribution in [1.29, 1.82) is 0 Å². The second kappa shape index (κ2) is 5.39. The molecule has 1 aromatic heterocycles. The van der Waals surface area contributed by atoms with Gasteiger partial charge in [0.2, 0.25) is 5.91 Å². The normalized spacial score (nSPS) is 13.5. The van der Waals surface area contributed by atoms with E-state index < -0.39 is 5.41 Å². The van der Waals surface area contributed by atoms with Crippen molar-refractivity contribution in [1.82, 2.24) is 5.32 Å². The highest BCUT2D eigenvalue weighted by atomic mass is 35.5. The smallest absolute Gasteiger partial charge is 0.227 e. The Kier molecular flexibility index (Phi) is 4.42. The number of hydrogen-bond acceptors (Lipinski definition) is 2. The van der Waals surface area contributed by atoms with Crippen molar-refractivity contribution in [2.75, 3.05) is 5.88 Å². The third-order valence-electron chi connectivity index (χ3n) is 2.41. The van der Waals surface area contributed by atoms with Gasteiger partial charge in [0.15, 0.2) is 0 Å². The molecule has 0 spiro atoms. The second-order valence-electron chi connectivity index (χ2n) is 4.68. The van der Waals surface area contributed by atoms with Crippen molar-refractivity contribution >= 4 is 17.5 Å². The van der Waals surface area contributed by atoms with Gasteiger partial charge in [-0.15, -0.1) is 11.6 Å². The van der Waals surface area contributed by atoms with E-state index in [4.69, 9.17) is 16.0 Å². The molecule has 90 valence electrons. The highest BCUT2D eigenvalue weighted by Crippen LogP contribution is 2.17. The second-order valence-corrected chi connectivity index (χ2v) is 4.94. The van der Waals surface area contributed by atoms with Crippen LogP contribution in [0.2, 0.25) is 0 Å². The summed E-state index contributed by atoms with van der Waals surface area (Å²) in [5.74, 6) is 1.16. The summed E-state index contributed by atoms with van der Waals surface area (Å²) in [4.78, 5) is 11.8. The Morgan fingerprint density at radius 1 is 1.62 bits per heavy atom. The Hall–Kier alpha value is -0.960. The Bertz CT molecular complexity index is 333. The summed E-state index contributed by atoms with van der Waals surface area (Å²) < 4.78 is 5.22. The number of rotatable bonds is 5. The van der Waals surface area contributed by atoms with Crippen LogP contribution in [-0.4, -0.2) is 17.8 Å². The van der Waals surface area contributed by atoms with E-state index in [1.165, 1.54) is 0 Å². The van der Waals surface area contributed by atoms with Crippen molar-refractivity contribution in [2.24, 2.45) is 5.41 Å². The molecule has 1 atom stereocenters. The minimum absolute atomic E-state index is 0.0263. The monoisotopic (exact) mass is 243 g/mol. The highest BCUT2D eigenvalue weighted by Gasteiger charge is 2.27. The Labute approximate surface area is 101 Å². The lowest BCUT2D eigenvalue weighted by molar-refractivity contribution is -0.128. The topological polar surface area (TPSA) is 42.2 Å². The molecule has 1 heterocycles. The first-order valence-corrected chi connectivity index (χ1v) is 5.88. The van der Waals surface area contributed by atoms with Crippen LogP contribution in [0, 0.1) is 5.41 Å². The van der Waals surface area contributed by atoms with Gasteiger partial charge in [-0.2, -0.15) is 0 Å². The molecule has 16 heavy (non-hydrogen) atoms. The van der Waals surface area contributed by atoms with Crippen LogP contribution < -0.4 is 5.32 Å². The summed E-state index contributed by atoms with van der Waals surface area (Å²) in [5, 5.41) is 2.93. The number of hydrogen-bond donors (Lipinski definition) is 1. The molecule has 1 aromatic rings. The summed E-state index contributed by atoms with van der Waals surface area (Å²) in [6, 6.07) is 3.78. The van der Waals surface area contributed by atoms with Gasteiger partial charge in [-0.25, -0.2) is 0 Å². The van der Waals surface area contributed by atoms with Crippen LogP contribution in [0.4, 0.5) is 0 Å². The quantitative estimate of drug-likeness (QED) is 0.808. The molecule has 1 N–H and O–H groups in total. The van der Waals surface area contributed by atoms with Gasteiger partial charge in [-0.1, -0.05) is 0 Å². The zero-order valence-corrected chi connectivity index (χ0v) is 10.7. The molecular formula is C12H18ClNO2. The molecule has 0 aromatic carbocycles. The fraction of sp³-hybridized carbons (Fsp3) is 0.583. The van der Waals surface area contributed by atoms with Gasteiger partial charge in [0, 0.05) is 18.3 Å². The van der Waals surface area contributed by atoms with Crippen LogP contribution in [0.1, 0.15) is 26.5 Å². The summed E-state index contributed by atoms with van der Waals surface area (Å²) >= 11 is 5.73. The van der Waals surface area contributed by atoms with E-state index in [1.807, 2.05) is 32.9 Å². The molecular weight excluding hydrogens is 226 g/mol. The van der Waals surface area contributed by atoms with Crippen molar-refractivity contribution in [3.63, 3.8) is 0 Å². The Morgan fingerprint density at radius 2 is 2.31 bits per heavy atom. The van der Waals surface area contributed by atoms with Gasteiger partial charge < -0.3 is 9.73 Å². The fourth-order valence-corrected chi connectivity index (χ4v) is 1.38. The maximum absolute atomic E-state index is 11.8. The molecule has 0 saturated carbocycles. The van der Waals surface area contributed by atoms with E-state index in [1.54, 1.807) is 6.26 Å².